The van der Waals surface area contributed by atoms with E-state index in [-0.39, 0.29) is 0 Å². The molecule has 0 aliphatic heterocycles. The van der Waals surface area contributed by atoms with Crippen LogP contribution in [0.1, 0.15) is 0 Å². The number of aromatic nitrogens is 4. The van der Waals surface area contributed by atoms with Crippen molar-refractivity contribution in [3.8, 4) is 45.3 Å². The molecule has 0 aliphatic rings. The first kappa shape index (κ1) is 30.3. The summed E-state index contributed by atoms with van der Waals surface area (Å²) < 4.78 is 9.32. The third kappa shape index (κ3) is 4.85. The van der Waals surface area contributed by atoms with Gasteiger partial charge in [0.15, 0.2) is 0 Å². The summed E-state index contributed by atoms with van der Waals surface area (Å²) >= 11 is 0. The second-order valence-electron chi connectivity index (χ2n) is 14.0. The summed E-state index contributed by atoms with van der Waals surface area (Å²) in [6.45, 7) is 0. The van der Waals surface area contributed by atoms with E-state index >= 15 is 0 Å². The smallest absolute Gasteiger partial charge is 0.0540 e. The highest BCUT2D eigenvalue weighted by Crippen LogP contribution is 2.35. The van der Waals surface area contributed by atoms with Crippen LogP contribution in [-0.2, 0) is 0 Å². The minimum Gasteiger partial charge on any atom is -0.317 e. The molecule has 0 aliphatic carbocycles. The lowest BCUT2D eigenvalue weighted by atomic mass is 10.1. The van der Waals surface area contributed by atoms with Crippen molar-refractivity contribution in [1.29, 1.82) is 0 Å². The number of benzene rings is 7. The van der Waals surface area contributed by atoms with Crippen molar-refractivity contribution in [1.82, 2.24) is 18.3 Å². The average molecular weight is 691 g/mol. The summed E-state index contributed by atoms with van der Waals surface area (Å²) in [7, 11) is 0. The Balaban J connectivity index is 0.938. The summed E-state index contributed by atoms with van der Waals surface area (Å²) in [4.78, 5) is 0. The van der Waals surface area contributed by atoms with Crippen molar-refractivity contribution < 1.29 is 0 Å². The lowest BCUT2D eigenvalue weighted by molar-refractivity contribution is 1.10. The Morgan fingerprint density at radius 1 is 0.259 bits per heavy atom. The van der Waals surface area contributed by atoms with E-state index in [0.717, 1.165) is 22.7 Å². The first-order valence-electron chi connectivity index (χ1n) is 18.4. The summed E-state index contributed by atoms with van der Waals surface area (Å²) in [6, 6.07) is 70.0. The Hall–Kier alpha value is -7.30. The maximum atomic E-state index is 2.37. The molecule has 0 radical (unpaired) electrons. The fourth-order valence-electron chi connectivity index (χ4n) is 8.25. The van der Waals surface area contributed by atoms with Gasteiger partial charge in [0.25, 0.3) is 0 Å². The normalized spacial score (nSPS) is 11.7. The van der Waals surface area contributed by atoms with Crippen LogP contribution in [0.2, 0.25) is 0 Å². The molecule has 0 spiro atoms. The summed E-state index contributed by atoms with van der Waals surface area (Å²) in [5, 5.41) is 4.88. The van der Waals surface area contributed by atoms with E-state index in [1.54, 1.807) is 0 Å². The van der Waals surface area contributed by atoms with Crippen molar-refractivity contribution in [2.45, 2.75) is 0 Å². The van der Waals surface area contributed by atoms with Gasteiger partial charge in [-0.1, -0.05) is 97.1 Å². The first-order valence-corrected chi connectivity index (χ1v) is 18.4. The van der Waals surface area contributed by atoms with Gasteiger partial charge in [-0.05, 0) is 108 Å². The summed E-state index contributed by atoms with van der Waals surface area (Å²) in [5.74, 6) is 0. The largest absolute Gasteiger partial charge is 0.317 e. The standard InChI is InChI=1S/C50H34N4/c1-3-11-35(12-4-1)49-33-37-15-7-9-17-45(37)53(49)43-23-19-41(20-24-43)51-29-27-39-32-48-40(31-47(39)51)28-30-52(48)42-21-25-44(26-22-42)54-46-18-10-8-16-38(46)34-50(54)36-13-5-2-6-14-36/h1-34H. The molecule has 7 aromatic carbocycles. The quantitative estimate of drug-likeness (QED) is 0.165. The van der Waals surface area contributed by atoms with Gasteiger partial charge in [-0.25, -0.2) is 0 Å². The maximum Gasteiger partial charge on any atom is 0.0540 e. The number of hydrogen-bond acceptors (Lipinski definition) is 0. The molecule has 0 saturated carbocycles. The van der Waals surface area contributed by atoms with Crippen molar-refractivity contribution in [2.75, 3.05) is 0 Å². The third-order valence-corrected chi connectivity index (χ3v) is 10.8. The molecule has 11 aromatic rings. The van der Waals surface area contributed by atoms with Gasteiger partial charge in [0.1, 0.15) is 0 Å². The molecule has 4 aromatic heterocycles. The second kappa shape index (κ2) is 12.1. The fraction of sp³-hybridized carbons (Fsp3) is 0. The van der Waals surface area contributed by atoms with Gasteiger partial charge in [-0.3, -0.25) is 0 Å². The monoisotopic (exact) mass is 690 g/mol. The highest BCUT2D eigenvalue weighted by molar-refractivity contribution is 5.98. The van der Waals surface area contributed by atoms with Gasteiger partial charge in [-0.15, -0.1) is 0 Å². The molecule has 4 heteroatoms. The van der Waals surface area contributed by atoms with Crippen LogP contribution in [-0.4, -0.2) is 18.3 Å². The molecule has 54 heavy (non-hydrogen) atoms. The Kier molecular flexibility index (Phi) is 6.82. The Morgan fingerprint density at radius 2 is 0.611 bits per heavy atom. The number of para-hydroxylation sites is 2. The van der Waals surface area contributed by atoms with E-state index in [0.29, 0.717) is 0 Å². The van der Waals surface area contributed by atoms with Crippen LogP contribution < -0.4 is 0 Å². The first-order chi connectivity index (χ1) is 26.8. The van der Waals surface area contributed by atoms with Crippen molar-refractivity contribution in [3.63, 3.8) is 0 Å². The van der Waals surface area contributed by atoms with Crippen molar-refractivity contribution >= 4 is 43.6 Å². The van der Waals surface area contributed by atoms with E-state index in [1.807, 2.05) is 0 Å². The van der Waals surface area contributed by atoms with E-state index in [9.17, 15) is 0 Å². The topological polar surface area (TPSA) is 19.7 Å². The van der Waals surface area contributed by atoms with Crippen LogP contribution in [0.25, 0.3) is 88.9 Å². The number of nitrogens with zero attached hydrogens (tertiary/aromatic N) is 4. The zero-order valence-corrected chi connectivity index (χ0v) is 29.4. The molecule has 0 unspecified atom stereocenters. The molecule has 254 valence electrons. The highest BCUT2D eigenvalue weighted by Gasteiger charge is 2.15. The number of fused-ring (bicyclic) bond motifs is 4. The molecule has 0 saturated heterocycles. The molecular formula is C50H34N4. The van der Waals surface area contributed by atoms with Gasteiger partial charge in [0.2, 0.25) is 0 Å². The zero-order chi connectivity index (χ0) is 35.6. The van der Waals surface area contributed by atoms with Gasteiger partial charge in [0, 0.05) is 56.7 Å². The third-order valence-electron chi connectivity index (χ3n) is 10.8. The van der Waals surface area contributed by atoms with Gasteiger partial charge < -0.3 is 18.3 Å². The minimum atomic E-state index is 1.13. The number of rotatable bonds is 6. The zero-order valence-electron chi connectivity index (χ0n) is 29.4. The van der Waals surface area contributed by atoms with Crippen LogP contribution in [0.3, 0.4) is 0 Å². The van der Waals surface area contributed by atoms with Crippen LogP contribution in [0, 0.1) is 0 Å². The van der Waals surface area contributed by atoms with E-state index in [2.05, 4.69) is 225 Å². The van der Waals surface area contributed by atoms with Gasteiger partial charge in [-0.2, -0.15) is 0 Å². The van der Waals surface area contributed by atoms with E-state index in [1.165, 1.54) is 66.1 Å². The Labute approximate surface area is 312 Å². The second-order valence-corrected chi connectivity index (χ2v) is 14.0. The SMILES string of the molecule is c1ccc(-c2cc3ccccc3n2-c2ccc(-n3ccc4cc5c(ccn5-c5ccc(-n6c(-c7ccccc7)cc7ccccc76)cc5)cc43)cc2)cc1. The molecule has 0 N–H and O–H groups in total. The van der Waals surface area contributed by atoms with Crippen molar-refractivity contribution in [3.05, 3.63) is 207 Å². The summed E-state index contributed by atoms with van der Waals surface area (Å²) in [6.07, 6.45) is 4.37. The molecule has 4 heterocycles. The molecule has 0 fully saturated rings. The van der Waals surface area contributed by atoms with Crippen LogP contribution >= 0.6 is 0 Å². The predicted molar refractivity (Wildman–Crippen MR) is 225 cm³/mol. The molecule has 0 bridgehead atoms. The lowest BCUT2D eigenvalue weighted by Crippen LogP contribution is -1.98. The Bertz CT molecular complexity index is 2900. The van der Waals surface area contributed by atoms with E-state index < -0.39 is 0 Å². The average Bonchev–Trinajstić information content (AvgIpc) is 4.03. The molecule has 0 atom stereocenters. The molecule has 4 nitrogen and oxygen atoms in total. The van der Waals surface area contributed by atoms with Crippen LogP contribution in [0.15, 0.2) is 207 Å². The van der Waals surface area contributed by atoms with Gasteiger partial charge in [0.05, 0.1) is 33.5 Å². The maximum absolute atomic E-state index is 2.37. The molecular weight excluding hydrogens is 657 g/mol. The van der Waals surface area contributed by atoms with Gasteiger partial charge >= 0.3 is 0 Å². The minimum absolute atomic E-state index is 1.13. The highest BCUT2D eigenvalue weighted by atomic mass is 15.0. The summed E-state index contributed by atoms with van der Waals surface area (Å²) in [5.41, 5.74) is 14.1. The fourth-order valence-corrected chi connectivity index (χ4v) is 8.25. The Morgan fingerprint density at radius 3 is 1.04 bits per heavy atom. The lowest BCUT2D eigenvalue weighted by Gasteiger charge is -2.13. The van der Waals surface area contributed by atoms with E-state index in [4.69, 9.17) is 0 Å². The predicted octanol–water partition coefficient (Wildman–Crippen LogP) is 12.8. The van der Waals surface area contributed by atoms with Crippen molar-refractivity contribution in [2.24, 2.45) is 0 Å². The molecule has 0 amide bonds. The van der Waals surface area contributed by atoms with Crippen LogP contribution in [0.5, 0.6) is 0 Å². The number of hydrogen-bond donors (Lipinski definition) is 0. The molecule has 11 rings (SSSR count). The van der Waals surface area contributed by atoms with Crippen LogP contribution in [0.4, 0.5) is 0 Å².